The van der Waals surface area contributed by atoms with E-state index in [1.807, 2.05) is 37.3 Å². The van der Waals surface area contributed by atoms with Gasteiger partial charge in [0.05, 0.1) is 4.90 Å². The number of carbonyl (C=O) groups excluding carboxylic acids is 2. The molecule has 1 atom stereocenters. The second kappa shape index (κ2) is 8.97. The van der Waals surface area contributed by atoms with Gasteiger partial charge in [-0.15, -0.1) is 0 Å². The Bertz CT molecular complexity index is 1040. The largest absolute Gasteiger partial charge is 0.341 e. The Morgan fingerprint density at radius 2 is 1.87 bits per heavy atom. The van der Waals surface area contributed by atoms with Gasteiger partial charge in [0.15, 0.2) is 0 Å². The Balaban J connectivity index is 1.59. The van der Waals surface area contributed by atoms with Gasteiger partial charge in [-0.3, -0.25) is 9.59 Å². The first-order valence-electron chi connectivity index (χ1n) is 9.89. The molecule has 1 aliphatic rings. The third kappa shape index (κ3) is 4.88. The highest BCUT2D eigenvalue weighted by atomic mass is 32.2. The zero-order valence-corrected chi connectivity index (χ0v) is 18.3. The van der Waals surface area contributed by atoms with Crippen LogP contribution in [0.3, 0.4) is 0 Å². The minimum absolute atomic E-state index is 0.00110. The molecule has 0 radical (unpaired) electrons. The summed E-state index contributed by atoms with van der Waals surface area (Å²) in [7, 11) is -2.04. The second-order valence-electron chi connectivity index (χ2n) is 7.62. The lowest BCUT2D eigenvalue weighted by molar-refractivity contribution is -0.130. The number of anilines is 1. The summed E-state index contributed by atoms with van der Waals surface area (Å²) in [4.78, 5) is 27.6. The van der Waals surface area contributed by atoms with Crippen LogP contribution >= 0.6 is 0 Å². The van der Waals surface area contributed by atoms with Crippen molar-refractivity contribution < 1.29 is 18.0 Å². The fraction of sp³-hybridized carbons (Fsp3) is 0.364. The van der Waals surface area contributed by atoms with Crippen molar-refractivity contribution in [1.82, 2.24) is 9.62 Å². The fourth-order valence-electron chi connectivity index (χ4n) is 3.77. The van der Waals surface area contributed by atoms with Crippen LogP contribution in [0.4, 0.5) is 5.69 Å². The molecule has 1 heterocycles. The summed E-state index contributed by atoms with van der Waals surface area (Å²) in [5.74, 6) is -0.199. The molecule has 2 aromatic rings. The number of hydrogen-bond acceptors (Lipinski definition) is 4. The fourth-order valence-corrected chi connectivity index (χ4v) is 4.85. The van der Waals surface area contributed by atoms with Crippen molar-refractivity contribution in [2.24, 2.45) is 0 Å². The molecule has 2 amide bonds. The summed E-state index contributed by atoms with van der Waals surface area (Å²) in [6, 6.07) is 14.4. The molecule has 0 saturated carbocycles. The summed E-state index contributed by atoms with van der Waals surface area (Å²) in [5.41, 5.74) is 2.60. The normalized spacial score (nSPS) is 15.7. The standard InChI is InChI=1S/C22H27N3O4S/c1-16-13-19-14-20(9-10-21(19)25(16)17(2)26)30(28,29)23-12-11-22(27)24(3)15-18-7-5-4-6-8-18/h4-10,14,16,23H,11-13,15H2,1-3H3/t16-/m1/s1. The summed E-state index contributed by atoms with van der Waals surface area (Å²) in [5, 5.41) is 0. The first-order valence-corrected chi connectivity index (χ1v) is 11.4. The first kappa shape index (κ1) is 22.0. The Morgan fingerprint density at radius 3 is 2.53 bits per heavy atom. The predicted molar refractivity (Wildman–Crippen MR) is 115 cm³/mol. The van der Waals surface area contributed by atoms with Crippen LogP contribution in [0.5, 0.6) is 0 Å². The zero-order valence-electron chi connectivity index (χ0n) is 17.5. The van der Waals surface area contributed by atoms with E-state index in [4.69, 9.17) is 0 Å². The number of rotatable bonds is 7. The molecule has 0 aromatic heterocycles. The van der Waals surface area contributed by atoms with Crippen molar-refractivity contribution in [1.29, 1.82) is 0 Å². The number of benzene rings is 2. The van der Waals surface area contributed by atoms with Crippen LogP contribution in [0.2, 0.25) is 0 Å². The third-order valence-corrected chi connectivity index (χ3v) is 6.69. The quantitative estimate of drug-likeness (QED) is 0.732. The highest BCUT2D eigenvalue weighted by Crippen LogP contribution is 2.33. The van der Waals surface area contributed by atoms with E-state index in [-0.39, 0.29) is 35.7 Å². The number of sulfonamides is 1. The monoisotopic (exact) mass is 429 g/mol. The molecule has 3 rings (SSSR count). The van der Waals surface area contributed by atoms with Gasteiger partial charge in [-0.1, -0.05) is 30.3 Å². The van der Waals surface area contributed by atoms with Gasteiger partial charge in [0.25, 0.3) is 0 Å². The first-order chi connectivity index (χ1) is 14.2. The third-order valence-electron chi connectivity index (χ3n) is 5.24. The maximum atomic E-state index is 12.7. The lowest BCUT2D eigenvalue weighted by atomic mass is 10.1. The van der Waals surface area contributed by atoms with Crippen molar-refractivity contribution in [3.8, 4) is 0 Å². The van der Waals surface area contributed by atoms with Crippen molar-refractivity contribution in [2.75, 3.05) is 18.5 Å². The lowest BCUT2D eigenvalue weighted by Gasteiger charge is -2.20. The highest BCUT2D eigenvalue weighted by Gasteiger charge is 2.30. The Labute approximate surface area is 177 Å². The number of nitrogens with zero attached hydrogens (tertiary/aromatic N) is 2. The SMILES string of the molecule is CC(=O)N1c2ccc(S(=O)(=O)NCCC(=O)N(C)Cc3ccccc3)cc2C[C@H]1C. The number of amides is 2. The number of nitrogens with one attached hydrogen (secondary N) is 1. The van der Waals surface area contributed by atoms with Gasteiger partial charge in [0.1, 0.15) is 0 Å². The van der Waals surface area contributed by atoms with E-state index >= 15 is 0 Å². The average molecular weight is 430 g/mol. The van der Waals surface area contributed by atoms with E-state index in [1.165, 1.54) is 13.0 Å². The van der Waals surface area contributed by atoms with Gasteiger partial charge in [0.2, 0.25) is 21.8 Å². The van der Waals surface area contributed by atoms with E-state index < -0.39 is 10.0 Å². The highest BCUT2D eigenvalue weighted by molar-refractivity contribution is 7.89. The van der Waals surface area contributed by atoms with Crippen molar-refractivity contribution in [3.05, 3.63) is 59.7 Å². The van der Waals surface area contributed by atoms with Crippen molar-refractivity contribution in [3.63, 3.8) is 0 Å². The smallest absolute Gasteiger partial charge is 0.240 e. The van der Waals surface area contributed by atoms with Gasteiger partial charge >= 0.3 is 0 Å². The van der Waals surface area contributed by atoms with E-state index in [1.54, 1.807) is 29.0 Å². The molecular formula is C22H27N3O4S. The van der Waals surface area contributed by atoms with Crippen LogP contribution < -0.4 is 9.62 Å². The van der Waals surface area contributed by atoms with E-state index in [2.05, 4.69) is 4.72 Å². The summed E-state index contributed by atoms with van der Waals surface area (Å²) < 4.78 is 27.8. The van der Waals surface area contributed by atoms with Crippen LogP contribution in [0.15, 0.2) is 53.4 Å². The average Bonchev–Trinajstić information content (AvgIpc) is 3.03. The molecule has 0 unspecified atom stereocenters. The molecular weight excluding hydrogens is 402 g/mol. The van der Waals surface area contributed by atoms with Gasteiger partial charge in [-0.2, -0.15) is 0 Å². The van der Waals surface area contributed by atoms with Crippen molar-refractivity contribution in [2.45, 2.75) is 44.2 Å². The van der Waals surface area contributed by atoms with E-state index in [0.717, 1.165) is 16.8 Å². The van der Waals surface area contributed by atoms with E-state index in [9.17, 15) is 18.0 Å². The molecule has 1 N–H and O–H groups in total. The lowest BCUT2D eigenvalue weighted by Crippen LogP contribution is -2.33. The summed E-state index contributed by atoms with van der Waals surface area (Å²) >= 11 is 0. The molecule has 2 aromatic carbocycles. The van der Waals surface area contributed by atoms with Gasteiger partial charge in [-0.25, -0.2) is 13.1 Å². The van der Waals surface area contributed by atoms with Crippen LogP contribution in [-0.2, 0) is 32.6 Å². The van der Waals surface area contributed by atoms with E-state index in [0.29, 0.717) is 13.0 Å². The van der Waals surface area contributed by atoms with Gasteiger partial charge < -0.3 is 9.80 Å². The molecule has 160 valence electrons. The topological polar surface area (TPSA) is 86.8 Å². The van der Waals surface area contributed by atoms with Crippen molar-refractivity contribution >= 4 is 27.5 Å². The molecule has 8 heteroatoms. The molecule has 0 fully saturated rings. The number of carbonyl (C=O) groups is 2. The maximum Gasteiger partial charge on any atom is 0.240 e. The Kier molecular flexibility index (Phi) is 6.58. The van der Waals surface area contributed by atoms with Crippen LogP contribution in [0, 0.1) is 0 Å². The van der Waals surface area contributed by atoms with Gasteiger partial charge in [-0.05, 0) is 42.7 Å². The van der Waals surface area contributed by atoms with Gasteiger partial charge in [0, 0.05) is 45.2 Å². The maximum absolute atomic E-state index is 12.7. The van der Waals surface area contributed by atoms with Crippen LogP contribution in [0.25, 0.3) is 0 Å². The molecule has 30 heavy (non-hydrogen) atoms. The molecule has 0 aliphatic carbocycles. The molecule has 0 spiro atoms. The summed E-state index contributed by atoms with van der Waals surface area (Å²) in [6.07, 6.45) is 0.684. The molecule has 0 bridgehead atoms. The molecule has 1 aliphatic heterocycles. The minimum Gasteiger partial charge on any atom is -0.341 e. The second-order valence-corrected chi connectivity index (χ2v) is 9.38. The number of hydrogen-bond donors (Lipinski definition) is 1. The zero-order chi connectivity index (χ0) is 21.9. The number of fused-ring (bicyclic) bond motifs is 1. The molecule has 0 saturated heterocycles. The Hall–Kier alpha value is -2.71. The minimum atomic E-state index is -3.74. The van der Waals surface area contributed by atoms with Crippen LogP contribution in [0.1, 0.15) is 31.4 Å². The summed E-state index contributed by atoms with van der Waals surface area (Å²) in [6.45, 7) is 3.93. The van der Waals surface area contributed by atoms with Crippen LogP contribution in [-0.4, -0.2) is 44.8 Å². The predicted octanol–water partition coefficient (Wildman–Crippen LogP) is 2.31. The Morgan fingerprint density at radius 1 is 1.17 bits per heavy atom. The molecule has 7 nitrogen and oxygen atoms in total.